The predicted molar refractivity (Wildman–Crippen MR) is 74.5 cm³/mol. The Balaban J connectivity index is 2.13. The van der Waals surface area contributed by atoms with Gasteiger partial charge in [0.05, 0.1) is 11.0 Å². The van der Waals surface area contributed by atoms with E-state index in [0.717, 1.165) is 35.2 Å². The summed E-state index contributed by atoms with van der Waals surface area (Å²) in [5, 5.41) is 0. The van der Waals surface area contributed by atoms with E-state index in [-0.39, 0.29) is 11.2 Å². The zero-order valence-electron chi connectivity index (χ0n) is 10.0. The number of alkyl halides is 1. The van der Waals surface area contributed by atoms with Crippen molar-refractivity contribution in [1.29, 1.82) is 0 Å². The van der Waals surface area contributed by atoms with Crippen LogP contribution in [0.15, 0.2) is 16.6 Å². The molecule has 0 amide bonds. The van der Waals surface area contributed by atoms with Crippen LogP contribution in [0.3, 0.4) is 0 Å². The van der Waals surface area contributed by atoms with Crippen LogP contribution in [0.25, 0.3) is 11.0 Å². The molecular weight excluding hydrogens is 319 g/mol. The van der Waals surface area contributed by atoms with Crippen LogP contribution in [0.1, 0.15) is 18.7 Å². The van der Waals surface area contributed by atoms with Crippen LogP contribution in [0, 0.1) is 18.2 Å². The average molecular weight is 332 g/mol. The average Bonchev–Trinajstić information content (AvgIpc) is 3.00. The second-order valence-electron chi connectivity index (χ2n) is 5.13. The van der Waals surface area contributed by atoms with Gasteiger partial charge in [-0.25, -0.2) is 9.37 Å². The van der Waals surface area contributed by atoms with Gasteiger partial charge in [0.25, 0.3) is 0 Å². The molecule has 1 aromatic carbocycles. The summed E-state index contributed by atoms with van der Waals surface area (Å²) in [7, 11) is 0. The first-order valence-corrected chi connectivity index (χ1v) is 7.25. The van der Waals surface area contributed by atoms with Crippen LogP contribution < -0.4 is 0 Å². The third-order valence-corrected chi connectivity index (χ3v) is 4.86. The molecule has 1 heterocycles. The highest BCUT2D eigenvalue weighted by atomic mass is 79.9. The van der Waals surface area contributed by atoms with Crippen LogP contribution >= 0.6 is 27.5 Å². The Bertz CT molecular complexity index is 619. The van der Waals surface area contributed by atoms with E-state index in [0.29, 0.717) is 11.4 Å². The molecule has 3 rings (SSSR count). The summed E-state index contributed by atoms with van der Waals surface area (Å²) >= 11 is 9.46. The largest absolute Gasteiger partial charge is 0.327 e. The van der Waals surface area contributed by atoms with Gasteiger partial charge in [-0.2, -0.15) is 0 Å². The minimum Gasteiger partial charge on any atom is -0.327 e. The lowest BCUT2D eigenvalue weighted by molar-refractivity contribution is 0.471. The Labute approximate surface area is 118 Å². The maximum atomic E-state index is 13.4. The molecule has 1 saturated carbocycles. The summed E-state index contributed by atoms with van der Waals surface area (Å²) in [5.41, 5.74) is 1.88. The number of nitrogens with zero attached hydrogens (tertiary/aromatic N) is 2. The second-order valence-corrected chi connectivity index (χ2v) is 6.26. The molecule has 0 bridgehead atoms. The lowest BCUT2D eigenvalue weighted by atomic mass is 10.1. The molecule has 0 radical (unpaired) electrons. The molecule has 1 aliphatic rings. The molecule has 1 fully saturated rings. The van der Waals surface area contributed by atoms with Crippen LogP contribution in [0.2, 0.25) is 0 Å². The van der Waals surface area contributed by atoms with Gasteiger partial charge in [0.1, 0.15) is 11.6 Å². The second kappa shape index (κ2) is 4.20. The molecule has 1 aromatic heterocycles. The van der Waals surface area contributed by atoms with E-state index in [4.69, 9.17) is 11.6 Å². The van der Waals surface area contributed by atoms with Gasteiger partial charge in [-0.1, -0.05) is 0 Å². The fraction of sp³-hybridized carbons (Fsp3) is 0.462. The van der Waals surface area contributed by atoms with Crippen molar-refractivity contribution in [3.8, 4) is 0 Å². The van der Waals surface area contributed by atoms with Gasteiger partial charge < -0.3 is 4.57 Å². The summed E-state index contributed by atoms with van der Waals surface area (Å²) in [5.74, 6) is 1.32. The van der Waals surface area contributed by atoms with Crippen molar-refractivity contribution in [2.45, 2.75) is 26.3 Å². The number of rotatable bonds is 3. The smallest absolute Gasteiger partial charge is 0.126 e. The molecule has 18 heavy (non-hydrogen) atoms. The molecule has 2 aromatic rings. The van der Waals surface area contributed by atoms with Gasteiger partial charge in [-0.15, -0.1) is 11.6 Å². The maximum absolute atomic E-state index is 13.4. The molecule has 0 aliphatic heterocycles. The standard InChI is InChI=1S/C13H13BrClFN2/c1-8-17-11-5-9(16)4-10(14)12(11)18(8)7-13(6-15)2-3-13/h4-5H,2-3,6-7H2,1H3. The monoisotopic (exact) mass is 330 g/mol. The lowest BCUT2D eigenvalue weighted by Gasteiger charge is -2.15. The van der Waals surface area contributed by atoms with E-state index in [1.54, 1.807) is 0 Å². The molecule has 1 aliphatic carbocycles. The SMILES string of the molecule is Cc1nc2cc(F)cc(Br)c2n1CC1(CCl)CC1. The minimum absolute atomic E-state index is 0.216. The zero-order valence-corrected chi connectivity index (χ0v) is 12.4. The number of fused-ring (bicyclic) bond motifs is 1. The highest BCUT2D eigenvalue weighted by Crippen LogP contribution is 2.48. The van der Waals surface area contributed by atoms with Gasteiger partial charge in [-0.05, 0) is 41.8 Å². The fourth-order valence-corrected chi connectivity index (χ4v) is 3.33. The van der Waals surface area contributed by atoms with Crippen molar-refractivity contribution < 1.29 is 4.39 Å². The van der Waals surface area contributed by atoms with Crippen molar-refractivity contribution in [3.05, 3.63) is 28.2 Å². The molecule has 0 N–H and O–H groups in total. The first-order chi connectivity index (χ1) is 8.54. The number of hydrogen-bond donors (Lipinski definition) is 0. The van der Waals surface area contributed by atoms with E-state index in [2.05, 4.69) is 25.5 Å². The number of hydrogen-bond acceptors (Lipinski definition) is 1. The quantitative estimate of drug-likeness (QED) is 0.768. The van der Waals surface area contributed by atoms with E-state index in [9.17, 15) is 4.39 Å². The first-order valence-electron chi connectivity index (χ1n) is 5.92. The van der Waals surface area contributed by atoms with E-state index in [1.165, 1.54) is 12.1 Å². The van der Waals surface area contributed by atoms with Crippen molar-refractivity contribution in [2.24, 2.45) is 5.41 Å². The molecule has 0 spiro atoms. The minimum atomic E-state index is -0.266. The van der Waals surface area contributed by atoms with Gasteiger partial charge in [0, 0.05) is 28.4 Å². The third kappa shape index (κ3) is 1.95. The summed E-state index contributed by atoms with van der Waals surface area (Å²) in [4.78, 5) is 4.43. The van der Waals surface area contributed by atoms with Crippen molar-refractivity contribution in [3.63, 3.8) is 0 Å². The van der Waals surface area contributed by atoms with Crippen LogP contribution in [-0.4, -0.2) is 15.4 Å². The maximum Gasteiger partial charge on any atom is 0.126 e. The fourth-order valence-electron chi connectivity index (χ4n) is 2.34. The summed E-state index contributed by atoms with van der Waals surface area (Å²) in [6.07, 6.45) is 2.32. The Hall–Kier alpha value is -0.610. The number of aromatic nitrogens is 2. The highest BCUT2D eigenvalue weighted by molar-refractivity contribution is 9.10. The van der Waals surface area contributed by atoms with Crippen LogP contribution in [0.4, 0.5) is 4.39 Å². The van der Waals surface area contributed by atoms with Crippen molar-refractivity contribution in [1.82, 2.24) is 9.55 Å². The van der Waals surface area contributed by atoms with E-state index >= 15 is 0 Å². The number of aryl methyl sites for hydroxylation is 1. The molecule has 96 valence electrons. The van der Waals surface area contributed by atoms with Crippen LogP contribution in [-0.2, 0) is 6.54 Å². The topological polar surface area (TPSA) is 17.8 Å². The number of benzene rings is 1. The Morgan fingerprint density at radius 1 is 1.50 bits per heavy atom. The highest BCUT2D eigenvalue weighted by Gasteiger charge is 2.42. The summed E-state index contributed by atoms with van der Waals surface area (Å²) in [6.45, 7) is 2.82. The van der Waals surface area contributed by atoms with Gasteiger partial charge in [0.2, 0.25) is 0 Å². The van der Waals surface area contributed by atoms with Crippen molar-refractivity contribution in [2.75, 3.05) is 5.88 Å². The Kier molecular flexibility index (Phi) is 2.90. The normalized spacial score (nSPS) is 17.3. The van der Waals surface area contributed by atoms with Crippen LogP contribution in [0.5, 0.6) is 0 Å². The van der Waals surface area contributed by atoms with Gasteiger partial charge in [-0.3, -0.25) is 0 Å². The molecule has 0 atom stereocenters. The number of imidazole rings is 1. The lowest BCUT2D eigenvalue weighted by Crippen LogP contribution is -2.14. The molecule has 2 nitrogen and oxygen atoms in total. The Morgan fingerprint density at radius 3 is 2.83 bits per heavy atom. The van der Waals surface area contributed by atoms with Gasteiger partial charge in [0.15, 0.2) is 0 Å². The molecular formula is C13H13BrClFN2. The van der Waals surface area contributed by atoms with Crippen molar-refractivity contribution >= 4 is 38.6 Å². The predicted octanol–water partition coefficient (Wildman–Crippen LogP) is 4.27. The number of halogens is 3. The van der Waals surface area contributed by atoms with E-state index < -0.39 is 0 Å². The van der Waals surface area contributed by atoms with E-state index in [1.807, 2.05) is 6.92 Å². The molecule has 0 unspecified atom stereocenters. The zero-order chi connectivity index (χ0) is 12.9. The summed E-state index contributed by atoms with van der Waals surface area (Å²) < 4.78 is 16.3. The molecule has 0 saturated heterocycles. The molecule has 5 heteroatoms. The van der Waals surface area contributed by atoms with Gasteiger partial charge >= 0.3 is 0 Å². The third-order valence-electron chi connectivity index (χ3n) is 3.68. The summed E-state index contributed by atoms with van der Waals surface area (Å²) in [6, 6.07) is 2.96. The first kappa shape index (κ1) is 12.4. The Morgan fingerprint density at radius 2 is 2.22 bits per heavy atom.